The van der Waals surface area contributed by atoms with Gasteiger partial charge in [-0.3, -0.25) is 0 Å². The van der Waals surface area contributed by atoms with E-state index in [9.17, 15) is 0 Å². The average Bonchev–Trinajstić information content (AvgIpc) is 2.90. The van der Waals surface area contributed by atoms with Crippen LogP contribution in [-0.2, 0) is 21.7 Å². The first-order valence-corrected chi connectivity index (χ1v) is 5.65. The molecule has 0 spiro atoms. The minimum Gasteiger partial charge on any atom is -0.371 e. The van der Waals surface area contributed by atoms with Crippen LogP contribution in [0.15, 0.2) is 0 Å². The Kier molecular flexibility index (Phi) is 10.0. The molecule has 3 aliphatic carbocycles. The van der Waals surface area contributed by atoms with Crippen LogP contribution < -0.4 is 0 Å². The Hall–Kier alpha value is 0.714. The van der Waals surface area contributed by atoms with Gasteiger partial charge in [0.1, 0.15) is 0 Å². The molecule has 1 unspecified atom stereocenters. The molecule has 0 heterocycles. The van der Waals surface area contributed by atoms with Crippen LogP contribution in [0.5, 0.6) is 0 Å². The molecule has 0 N–H and O–H groups in total. The standard InChI is InChI=1S/C6H10.2C5H5.Ti/c1-5-4-6(5,2)3;2*1-2-4-5-3-1;/h4-5H,1H2,2-3H3;2*1-5H;/q-2;;;+2. The first-order valence-electron chi connectivity index (χ1n) is 5.65. The number of hydrogen-bond acceptors (Lipinski definition) is 0. The van der Waals surface area contributed by atoms with Crippen LogP contribution in [0.3, 0.4) is 0 Å². The third kappa shape index (κ3) is 9.31. The fourth-order valence-corrected chi connectivity index (χ4v) is 1.11. The Morgan fingerprint density at radius 3 is 0.941 bits per heavy atom. The van der Waals surface area contributed by atoms with E-state index in [1.807, 2.05) is 64.2 Å². The summed E-state index contributed by atoms with van der Waals surface area (Å²) in [4.78, 5) is 0. The zero-order valence-corrected chi connectivity index (χ0v) is 12.2. The van der Waals surface area contributed by atoms with E-state index < -0.39 is 0 Å². The molecular formula is C16H20Ti. The monoisotopic (exact) mass is 260 g/mol. The maximum Gasteiger partial charge on any atom is 2.00 e. The summed E-state index contributed by atoms with van der Waals surface area (Å²) in [7, 11) is 0. The predicted molar refractivity (Wildman–Crippen MR) is 69.9 cm³/mol. The molecule has 88 valence electrons. The topological polar surface area (TPSA) is 0 Å². The van der Waals surface area contributed by atoms with E-state index in [-0.39, 0.29) is 21.7 Å². The maximum atomic E-state index is 3.85. The molecule has 1 heteroatoms. The molecule has 3 rings (SSSR count). The first kappa shape index (κ1) is 17.7. The minimum absolute atomic E-state index is 0. The van der Waals surface area contributed by atoms with Gasteiger partial charge >= 0.3 is 21.7 Å². The van der Waals surface area contributed by atoms with E-state index in [0.717, 1.165) is 0 Å². The largest absolute Gasteiger partial charge is 2.00 e. The molecule has 10 radical (unpaired) electrons. The van der Waals surface area contributed by atoms with Crippen LogP contribution in [0.1, 0.15) is 13.8 Å². The van der Waals surface area contributed by atoms with Gasteiger partial charge in [0.15, 0.2) is 0 Å². The fourth-order valence-electron chi connectivity index (χ4n) is 1.11. The maximum absolute atomic E-state index is 3.85. The quantitative estimate of drug-likeness (QED) is 0.460. The molecule has 0 aromatic heterocycles. The Morgan fingerprint density at radius 2 is 0.882 bits per heavy atom. The van der Waals surface area contributed by atoms with Crippen molar-refractivity contribution < 1.29 is 21.7 Å². The Labute approximate surface area is 124 Å². The van der Waals surface area contributed by atoms with Crippen molar-refractivity contribution in [2.45, 2.75) is 13.8 Å². The molecule has 0 saturated heterocycles. The van der Waals surface area contributed by atoms with Gasteiger partial charge in [-0.25, -0.2) is 5.41 Å². The van der Waals surface area contributed by atoms with Crippen LogP contribution >= 0.6 is 0 Å². The van der Waals surface area contributed by atoms with Gasteiger partial charge in [-0.05, 0) is 64.2 Å². The molecule has 3 aliphatic rings. The summed E-state index contributed by atoms with van der Waals surface area (Å²) in [6.07, 6.45) is 22.2. The predicted octanol–water partition coefficient (Wildman–Crippen LogP) is 3.72. The van der Waals surface area contributed by atoms with Gasteiger partial charge in [0.05, 0.1) is 0 Å². The van der Waals surface area contributed by atoms with E-state index in [4.69, 9.17) is 0 Å². The summed E-state index contributed by atoms with van der Waals surface area (Å²) in [5, 5.41) is 0. The molecule has 1 atom stereocenters. The molecule has 3 saturated carbocycles. The van der Waals surface area contributed by atoms with Crippen LogP contribution in [-0.4, -0.2) is 0 Å². The summed E-state index contributed by atoms with van der Waals surface area (Å²) in [5.74, 6) is 0.623. The SMILES string of the molecule is [CH2-]C1[CH-]C1(C)C.[CH]1[CH][CH][CH][CH]1.[CH]1[CH][CH][CH][CH]1.[Ti+2]. The summed E-state index contributed by atoms with van der Waals surface area (Å²) < 4.78 is 0. The van der Waals surface area contributed by atoms with Gasteiger partial charge in [-0.1, -0.05) is 13.8 Å². The molecule has 0 nitrogen and oxygen atoms in total. The molecule has 3 fully saturated rings. The van der Waals surface area contributed by atoms with Crippen molar-refractivity contribution in [3.63, 3.8) is 0 Å². The zero-order chi connectivity index (χ0) is 11.9. The van der Waals surface area contributed by atoms with E-state index in [1.165, 1.54) is 0 Å². The van der Waals surface area contributed by atoms with Gasteiger partial charge in [-0.15, -0.1) is 0 Å². The Bertz CT molecular complexity index is 141. The molecular weight excluding hydrogens is 240 g/mol. The zero-order valence-electron chi connectivity index (χ0n) is 10.6. The van der Waals surface area contributed by atoms with E-state index >= 15 is 0 Å². The van der Waals surface area contributed by atoms with Crippen molar-refractivity contribution >= 4 is 0 Å². The second kappa shape index (κ2) is 9.62. The van der Waals surface area contributed by atoms with Crippen molar-refractivity contribution in [2.75, 3.05) is 0 Å². The molecule has 0 aromatic carbocycles. The van der Waals surface area contributed by atoms with Crippen LogP contribution in [0.2, 0.25) is 0 Å². The Morgan fingerprint density at radius 1 is 0.765 bits per heavy atom. The second-order valence-electron chi connectivity index (χ2n) is 4.52. The summed E-state index contributed by atoms with van der Waals surface area (Å²) in [6.45, 7) is 8.25. The van der Waals surface area contributed by atoms with Crippen LogP contribution in [0.25, 0.3) is 0 Å². The van der Waals surface area contributed by atoms with Crippen molar-refractivity contribution in [1.82, 2.24) is 0 Å². The van der Waals surface area contributed by atoms with Crippen molar-refractivity contribution in [1.29, 1.82) is 0 Å². The average molecular weight is 260 g/mol. The van der Waals surface area contributed by atoms with Crippen LogP contribution in [0, 0.1) is 88.9 Å². The molecule has 0 bridgehead atoms. The van der Waals surface area contributed by atoms with Crippen LogP contribution in [0.4, 0.5) is 0 Å². The van der Waals surface area contributed by atoms with Crippen molar-refractivity contribution in [2.24, 2.45) is 11.3 Å². The fraction of sp³-hybridized carbons (Fsp3) is 0.250. The normalized spacial score (nSPS) is 28.1. The van der Waals surface area contributed by atoms with Gasteiger partial charge in [0, 0.05) is 0 Å². The van der Waals surface area contributed by atoms with Gasteiger partial charge < -0.3 is 19.3 Å². The van der Waals surface area contributed by atoms with E-state index in [1.54, 1.807) is 0 Å². The summed E-state index contributed by atoms with van der Waals surface area (Å²) in [6, 6.07) is 0. The third-order valence-electron chi connectivity index (χ3n) is 2.59. The first-order chi connectivity index (χ1) is 7.63. The summed E-state index contributed by atoms with van der Waals surface area (Å²) in [5.41, 5.74) is 0.472. The Balaban J connectivity index is 0.000000221. The van der Waals surface area contributed by atoms with E-state index in [2.05, 4.69) is 27.2 Å². The minimum atomic E-state index is 0. The van der Waals surface area contributed by atoms with Gasteiger partial charge in [0.25, 0.3) is 0 Å². The smallest absolute Gasteiger partial charge is 0.371 e. The van der Waals surface area contributed by atoms with E-state index in [0.29, 0.717) is 11.3 Å². The summed E-state index contributed by atoms with van der Waals surface area (Å²) >= 11 is 0. The van der Waals surface area contributed by atoms with Crippen molar-refractivity contribution in [3.05, 3.63) is 77.6 Å². The molecule has 17 heavy (non-hydrogen) atoms. The second-order valence-corrected chi connectivity index (χ2v) is 4.52. The third-order valence-corrected chi connectivity index (χ3v) is 2.59. The molecule has 0 aromatic rings. The number of rotatable bonds is 0. The van der Waals surface area contributed by atoms with Gasteiger partial charge in [-0.2, -0.15) is 0 Å². The molecule has 0 amide bonds. The number of hydrogen-bond donors (Lipinski definition) is 0. The molecule has 0 aliphatic heterocycles. The van der Waals surface area contributed by atoms with Gasteiger partial charge in [0.2, 0.25) is 0 Å². The van der Waals surface area contributed by atoms with Crippen molar-refractivity contribution in [3.8, 4) is 0 Å².